The van der Waals surface area contributed by atoms with Crippen LogP contribution in [0.5, 0.6) is 5.75 Å². The van der Waals surface area contributed by atoms with E-state index in [2.05, 4.69) is 15.9 Å². The molecule has 0 saturated carbocycles. The summed E-state index contributed by atoms with van der Waals surface area (Å²) in [4.78, 5) is 0. The van der Waals surface area contributed by atoms with Gasteiger partial charge in [-0.25, -0.2) is 8.78 Å². The number of aliphatic hydroxyl groups is 1. The molecule has 0 unspecified atom stereocenters. The maximum absolute atomic E-state index is 13.4. The van der Waals surface area contributed by atoms with E-state index in [-0.39, 0.29) is 6.61 Å². The molecule has 0 saturated heterocycles. The molecule has 18 heavy (non-hydrogen) atoms. The van der Waals surface area contributed by atoms with Gasteiger partial charge in [-0.1, -0.05) is 15.9 Å². The summed E-state index contributed by atoms with van der Waals surface area (Å²) < 4.78 is 32.7. The number of quaternary nitrogens is 1. The molecule has 102 valence electrons. The summed E-state index contributed by atoms with van der Waals surface area (Å²) in [5.74, 6) is -2.04. The second kappa shape index (κ2) is 5.95. The number of nitrogens with zero attached hydrogens (tertiary/aromatic N) is 1. The Labute approximate surface area is 114 Å². The fourth-order valence-corrected chi connectivity index (χ4v) is 1.93. The van der Waals surface area contributed by atoms with Crippen molar-refractivity contribution >= 4 is 15.9 Å². The van der Waals surface area contributed by atoms with Crippen LogP contribution < -0.4 is 4.74 Å². The zero-order valence-corrected chi connectivity index (χ0v) is 12.2. The largest absolute Gasteiger partial charge is 0.485 e. The van der Waals surface area contributed by atoms with E-state index in [0.29, 0.717) is 15.5 Å². The Hall–Kier alpha value is -0.720. The van der Waals surface area contributed by atoms with Gasteiger partial charge in [0.2, 0.25) is 0 Å². The van der Waals surface area contributed by atoms with Crippen LogP contribution in [0, 0.1) is 11.6 Å². The molecule has 1 aromatic rings. The van der Waals surface area contributed by atoms with Crippen molar-refractivity contribution in [2.75, 3.05) is 34.3 Å². The summed E-state index contributed by atoms with van der Waals surface area (Å²) in [6.45, 7) is 0.282. The predicted octanol–water partition coefficient (Wildman–Crippen LogP) is 2.17. The highest BCUT2D eigenvalue weighted by Gasteiger charge is 2.18. The quantitative estimate of drug-likeness (QED) is 0.841. The molecule has 1 atom stereocenters. The van der Waals surface area contributed by atoms with E-state index in [4.69, 9.17) is 4.74 Å². The van der Waals surface area contributed by atoms with Crippen molar-refractivity contribution in [3.05, 3.63) is 28.2 Å². The number of hydrogen-bond donors (Lipinski definition) is 1. The van der Waals surface area contributed by atoms with Gasteiger partial charge in [0.1, 0.15) is 19.3 Å². The van der Waals surface area contributed by atoms with Crippen molar-refractivity contribution in [3.63, 3.8) is 0 Å². The molecule has 0 aromatic heterocycles. The highest BCUT2D eigenvalue weighted by molar-refractivity contribution is 9.10. The second-order valence-corrected chi connectivity index (χ2v) is 6.05. The third kappa shape index (κ3) is 4.88. The normalized spacial score (nSPS) is 13.5. The Kier molecular flexibility index (Phi) is 5.07. The minimum Gasteiger partial charge on any atom is -0.485 e. The van der Waals surface area contributed by atoms with Crippen LogP contribution in [-0.2, 0) is 0 Å². The van der Waals surface area contributed by atoms with Gasteiger partial charge in [0.25, 0.3) is 0 Å². The SMILES string of the molecule is C[N+](C)(C)C[C@@H](O)COc1c(F)cc(Br)cc1F. The zero-order valence-electron chi connectivity index (χ0n) is 10.6. The van der Waals surface area contributed by atoms with Crippen LogP contribution >= 0.6 is 15.9 Å². The molecule has 0 radical (unpaired) electrons. The van der Waals surface area contributed by atoms with E-state index >= 15 is 0 Å². The van der Waals surface area contributed by atoms with Gasteiger partial charge in [-0.2, -0.15) is 0 Å². The molecule has 1 rings (SSSR count). The lowest BCUT2D eigenvalue weighted by Crippen LogP contribution is -2.43. The topological polar surface area (TPSA) is 29.5 Å². The number of aliphatic hydroxyl groups excluding tert-OH is 1. The van der Waals surface area contributed by atoms with Crippen molar-refractivity contribution in [3.8, 4) is 5.75 Å². The number of benzene rings is 1. The van der Waals surface area contributed by atoms with Gasteiger partial charge in [0, 0.05) is 4.47 Å². The highest BCUT2D eigenvalue weighted by atomic mass is 79.9. The van der Waals surface area contributed by atoms with E-state index in [1.807, 2.05) is 21.1 Å². The van der Waals surface area contributed by atoms with E-state index in [1.165, 1.54) is 0 Å². The lowest BCUT2D eigenvalue weighted by atomic mass is 10.3. The molecule has 0 bridgehead atoms. The average Bonchev–Trinajstić information content (AvgIpc) is 2.12. The van der Waals surface area contributed by atoms with Crippen molar-refractivity contribution < 1.29 is 23.1 Å². The second-order valence-electron chi connectivity index (χ2n) is 5.14. The van der Waals surface area contributed by atoms with Crippen molar-refractivity contribution in [1.29, 1.82) is 0 Å². The van der Waals surface area contributed by atoms with Gasteiger partial charge >= 0.3 is 0 Å². The first-order valence-corrected chi connectivity index (χ1v) is 6.24. The number of likely N-dealkylation sites (N-methyl/N-ethyl adjacent to an activating group) is 1. The van der Waals surface area contributed by atoms with Crippen LogP contribution in [0.25, 0.3) is 0 Å². The molecule has 0 aliphatic heterocycles. The molecule has 0 aliphatic rings. The first-order valence-electron chi connectivity index (χ1n) is 5.45. The standard InChI is InChI=1S/C12H17BrF2NO2/c1-16(2,3)6-9(17)7-18-12-10(14)4-8(13)5-11(12)15/h4-5,9,17H,6-7H2,1-3H3/q+1/t9-/m1/s1. The molecular formula is C12H17BrF2NO2+. The smallest absolute Gasteiger partial charge is 0.190 e. The van der Waals surface area contributed by atoms with Crippen LogP contribution in [0.15, 0.2) is 16.6 Å². The Bertz CT molecular complexity index is 398. The minimum atomic E-state index is -0.792. The molecule has 1 N–H and O–H groups in total. The number of halogens is 3. The predicted molar refractivity (Wildman–Crippen MR) is 68.5 cm³/mol. The summed E-state index contributed by atoms with van der Waals surface area (Å²) in [6, 6.07) is 2.23. The van der Waals surface area contributed by atoms with Crippen molar-refractivity contribution in [1.82, 2.24) is 0 Å². The molecule has 3 nitrogen and oxygen atoms in total. The Morgan fingerprint density at radius 2 is 1.78 bits per heavy atom. The molecule has 0 fully saturated rings. The third-order valence-electron chi connectivity index (χ3n) is 2.14. The Balaban J connectivity index is 2.64. The number of ether oxygens (including phenoxy) is 1. The van der Waals surface area contributed by atoms with E-state index in [9.17, 15) is 13.9 Å². The van der Waals surface area contributed by atoms with Crippen LogP contribution in [0.1, 0.15) is 0 Å². The number of rotatable bonds is 5. The van der Waals surface area contributed by atoms with Gasteiger partial charge in [0.05, 0.1) is 21.1 Å². The molecule has 0 heterocycles. The summed E-state index contributed by atoms with van der Waals surface area (Å²) >= 11 is 2.98. The zero-order chi connectivity index (χ0) is 13.9. The molecule has 0 aliphatic carbocycles. The number of hydrogen-bond acceptors (Lipinski definition) is 2. The van der Waals surface area contributed by atoms with Gasteiger partial charge in [0.15, 0.2) is 17.4 Å². The first kappa shape index (κ1) is 15.3. The molecule has 6 heteroatoms. The summed E-state index contributed by atoms with van der Waals surface area (Å²) in [5.41, 5.74) is 0. The Morgan fingerprint density at radius 1 is 1.28 bits per heavy atom. The minimum absolute atomic E-state index is 0.148. The monoisotopic (exact) mass is 324 g/mol. The van der Waals surface area contributed by atoms with Gasteiger partial charge in [-0.15, -0.1) is 0 Å². The molecule has 0 spiro atoms. The van der Waals surface area contributed by atoms with Crippen LogP contribution in [0.3, 0.4) is 0 Å². The highest BCUT2D eigenvalue weighted by Crippen LogP contribution is 2.25. The van der Waals surface area contributed by atoms with E-state index < -0.39 is 23.5 Å². The van der Waals surface area contributed by atoms with Gasteiger partial charge in [-0.3, -0.25) is 0 Å². The third-order valence-corrected chi connectivity index (χ3v) is 2.60. The fourth-order valence-electron chi connectivity index (χ4n) is 1.53. The summed E-state index contributed by atoms with van der Waals surface area (Å²) in [6.07, 6.45) is -0.785. The van der Waals surface area contributed by atoms with Gasteiger partial charge in [-0.05, 0) is 12.1 Å². The lowest BCUT2D eigenvalue weighted by Gasteiger charge is -2.26. The fraction of sp³-hybridized carbons (Fsp3) is 0.500. The van der Waals surface area contributed by atoms with Crippen LogP contribution in [0.2, 0.25) is 0 Å². The maximum atomic E-state index is 13.4. The van der Waals surface area contributed by atoms with E-state index in [1.54, 1.807) is 0 Å². The molecule has 0 amide bonds. The van der Waals surface area contributed by atoms with Crippen molar-refractivity contribution in [2.45, 2.75) is 6.10 Å². The van der Waals surface area contributed by atoms with E-state index in [0.717, 1.165) is 12.1 Å². The van der Waals surface area contributed by atoms with Crippen LogP contribution in [0.4, 0.5) is 8.78 Å². The maximum Gasteiger partial charge on any atom is 0.190 e. The lowest BCUT2D eigenvalue weighted by molar-refractivity contribution is -0.873. The summed E-state index contributed by atoms with van der Waals surface area (Å²) in [7, 11) is 5.72. The average molecular weight is 325 g/mol. The van der Waals surface area contributed by atoms with Crippen LogP contribution in [-0.4, -0.2) is 50.0 Å². The van der Waals surface area contributed by atoms with Gasteiger partial charge < -0.3 is 14.3 Å². The van der Waals surface area contributed by atoms with Crippen molar-refractivity contribution in [2.24, 2.45) is 0 Å². The molecule has 1 aromatic carbocycles. The molecular weight excluding hydrogens is 308 g/mol. The Morgan fingerprint density at radius 3 is 2.22 bits per heavy atom. The summed E-state index contributed by atoms with van der Waals surface area (Å²) in [5, 5.41) is 9.69. The first-order chi connectivity index (χ1) is 8.19.